The molecule has 1 fully saturated rings. The molecule has 2 N–H and O–H groups in total. The lowest BCUT2D eigenvalue weighted by molar-refractivity contribution is -0.0741. The van der Waals surface area contributed by atoms with Crippen molar-refractivity contribution < 1.29 is 23.7 Å². The molecule has 238 valence electrons. The lowest BCUT2D eigenvalue weighted by Gasteiger charge is -2.37. The molecule has 6 aromatic rings. The monoisotopic (exact) mass is 631 g/mol. The number of hydrogen-bond donors (Lipinski definition) is 2. The van der Waals surface area contributed by atoms with Crippen LogP contribution in [0.25, 0.3) is 11.2 Å². The Labute approximate surface area is 271 Å². The summed E-state index contributed by atoms with van der Waals surface area (Å²) in [6, 6.07) is 37.9. The molecule has 10 heteroatoms. The highest BCUT2D eigenvalue weighted by Crippen LogP contribution is 2.41. The van der Waals surface area contributed by atoms with E-state index in [9.17, 15) is 5.11 Å². The van der Waals surface area contributed by atoms with Gasteiger partial charge in [-0.1, -0.05) is 103 Å². The number of ether oxygens (including phenoxy) is 3. The van der Waals surface area contributed by atoms with Gasteiger partial charge in [-0.3, -0.25) is 4.57 Å². The molecule has 4 aromatic carbocycles. The maximum atomic E-state index is 15.7. The molecule has 3 heterocycles. The Hall–Kier alpha value is -5.16. The second-order valence-electron chi connectivity index (χ2n) is 11.3. The van der Waals surface area contributed by atoms with Gasteiger partial charge in [0, 0.05) is 0 Å². The Kier molecular flexibility index (Phi) is 8.62. The zero-order chi connectivity index (χ0) is 32.2. The van der Waals surface area contributed by atoms with Gasteiger partial charge >= 0.3 is 0 Å². The van der Waals surface area contributed by atoms with Gasteiger partial charge in [-0.05, 0) is 34.4 Å². The van der Waals surface area contributed by atoms with Crippen LogP contribution < -0.4 is 10.1 Å². The molecule has 2 aromatic heterocycles. The summed E-state index contributed by atoms with van der Waals surface area (Å²) in [5, 5.41) is 13.7. The van der Waals surface area contributed by atoms with Gasteiger partial charge in [-0.25, -0.2) is 19.3 Å². The largest absolute Gasteiger partial charge is 0.497 e. The molecule has 1 aliphatic heterocycles. The molecule has 0 aliphatic carbocycles. The molecule has 1 saturated heterocycles. The first-order valence-electron chi connectivity index (χ1n) is 15.4. The van der Waals surface area contributed by atoms with Gasteiger partial charge in [-0.15, -0.1) is 0 Å². The van der Waals surface area contributed by atoms with Gasteiger partial charge < -0.3 is 24.6 Å². The van der Waals surface area contributed by atoms with Crippen LogP contribution in [0.1, 0.15) is 28.5 Å². The van der Waals surface area contributed by atoms with Gasteiger partial charge in [0.25, 0.3) is 0 Å². The third-order valence-corrected chi connectivity index (χ3v) is 8.60. The van der Waals surface area contributed by atoms with E-state index in [1.165, 1.54) is 6.33 Å². The van der Waals surface area contributed by atoms with Crippen molar-refractivity contribution in [3.63, 3.8) is 0 Å². The van der Waals surface area contributed by atoms with E-state index in [2.05, 4.69) is 51.7 Å². The minimum Gasteiger partial charge on any atom is -0.497 e. The Balaban J connectivity index is 1.29. The topological polar surface area (TPSA) is 104 Å². The summed E-state index contributed by atoms with van der Waals surface area (Å²) in [6.07, 6.45) is -1.61. The Morgan fingerprint density at radius 1 is 0.830 bits per heavy atom. The molecule has 1 unspecified atom stereocenters. The number of imidazole rings is 1. The molecule has 0 amide bonds. The predicted molar refractivity (Wildman–Crippen MR) is 176 cm³/mol. The second-order valence-corrected chi connectivity index (χ2v) is 11.3. The van der Waals surface area contributed by atoms with E-state index in [1.54, 1.807) is 18.0 Å². The number of nitrogens with zero attached hydrogens (tertiary/aromatic N) is 4. The van der Waals surface area contributed by atoms with Crippen molar-refractivity contribution in [3.8, 4) is 5.75 Å². The Morgan fingerprint density at radius 2 is 1.43 bits per heavy atom. The summed E-state index contributed by atoms with van der Waals surface area (Å²) in [4.78, 5) is 13.9. The number of alkyl halides is 1. The van der Waals surface area contributed by atoms with Gasteiger partial charge in [0.1, 0.15) is 29.8 Å². The van der Waals surface area contributed by atoms with Crippen molar-refractivity contribution in [1.82, 2.24) is 19.5 Å². The van der Waals surface area contributed by atoms with Gasteiger partial charge in [0.2, 0.25) is 0 Å². The second kappa shape index (κ2) is 13.3. The normalized spacial score (nSPS) is 19.6. The number of aliphatic hydroxyl groups excluding tert-OH is 1. The maximum Gasteiger partial charge on any atom is 0.167 e. The van der Waals surface area contributed by atoms with Crippen LogP contribution in [0.5, 0.6) is 5.75 Å². The first-order chi connectivity index (χ1) is 23.1. The standard InChI is InChI=1S/C37H34FN5O4/c1-45-29-19-17-25(18-20-29)22-46-33-31(38)30(21-44)47-36(33)43-24-41-32-34(39-23-40-35(32)43)42-37(26-11-5-2-6-12-26,27-13-7-3-8-14-27)28-15-9-4-10-16-28/h2-20,23-24,30-31,33,36,44H,21-22H2,1H3,(H,39,40,42)/t30-,31?,33+,36-/m1/s1. The van der Waals surface area contributed by atoms with Gasteiger partial charge in [-0.2, -0.15) is 0 Å². The van der Waals surface area contributed by atoms with E-state index in [0.29, 0.717) is 22.7 Å². The lowest BCUT2D eigenvalue weighted by Crippen LogP contribution is -2.38. The zero-order valence-electron chi connectivity index (χ0n) is 25.7. The van der Waals surface area contributed by atoms with E-state index < -0.39 is 36.8 Å². The quantitative estimate of drug-likeness (QED) is 0.167. The molecular weight excluding hydrogens is 597 g/mol. The number of aliphatic hydroxyl groups is 1. The molecule has 47 heavy (non-hydrogen) atoms. The molecule has 0 saturated carbocycles. The molecule has 0 bridgehead atoms. The Morgan fingerprint density at radius 3 is 1.98 bits per heavy atom. The van der Waals surface area contributed by atoms with Crippen LogP contribution in [0.3, 0.4) is 0 Å². The molecule has 1 aliphatic rings. The smallest absolute Gasteiger partial charge is 0.167 e. The Bertz CT molecular complexity index is 1810. The number of nitrogens with one attached hydrogen (secondary N) is 1. The average molecular weight is 632 g/mol. The number of hydrogen-bond acceptors (Lipinski definition) is 8. The van der Waals surface area contributed by atoms with Crippen LogP contribution in [0.15, 0.2) is 128 Å². The van der Waals surface area contributed by atoms with E-state index in [0.717, 1.165) is 22.3 Å². The van der Waals surface area contributed by atoms with Gasteiger partial charge in [0.05, 0.1) is 26.7 Å². The first kappa shape index (κ1) is 30.5. The maximum absolute atomic E-state index is 15.7. The highest BCUT2D eigenvalue weighted by atomic mass is 19.1. The van der Waals surface area contributed by atoms with Crippen LogP contribution in [0.2, 0.25) is 0 Å². The van der Waals surface area contributed by atoms with E-state index in [4.69, 9.17) is 19.2 Å². The van der Waals surface area contributed by atoms with Crippen molar-refractivity contribution in [2.45, 2.75) is 36.8 Å². The molecule has 0 radical (unpaired) electrons. The highest BCUT2D eigenvalue weighted by molar-refractivity contribution is 5.84. The van der Waals surface area contributed by atoms with Crippen molar-refractivity contribution in [3.05, 3.63) is 150 Å². The molecule has 7 rings (SSSR count). The number of halogens is 1. The number of aromatic nitrogens is 4. The molecule has 9 nitrogen and oxygen atoms in total. The molecular formula is C37H34FN5O4. The third-order valence-electron chi connectivity index (χ3n) is 8.60. The summed E-state index contributed by atoms with van der Waals surface area (Å²) >= 11 is 0. The SMILES string of the molecule is COc1ccc(CO[C@H]2C(F)[C@@H](CO)O[C@H]2n2cnc3c(NC(c4ccccc4)(c4ccccc4)c4ccccc4)ncnc32)cc1. The number of anilines is 1. The lowest BCUT2D eigenvalue weighted by atomic mass is 9.77. The fourth-order valence-electron chi connectivity index (χ4n) is 6.24. The summed E-state index contributed by atoms with van der Waals surface area (Å²) in [5.41, 5.74) is 3.89. The van der Waals surface area contributed by atoms with Crippen molar-refractivity contribution in [2.24, 2.45) is 0 Å². The molecule has 4 atom stereocenters. The van der Waals surface area contributed by atoms with Crippen LogP contribution in [-0.4, -0.2) is 56.7 Å². The average Bonchev–Trinajstić information content (AvgIpc) is 3.71. The predicted octanol–water partition coefficient (Wildman–Crippen LogP) is 6.05. The zero-order valence-corrected chi connectivity index (χ0v) is 25.7. The van der Waals surface area contributed by atoms with Crippen LogP contribution >= 0.6 is 0 Å². The minimum absolute atomic E-state index is 0.134. The fraction of sp³-hybridized carbons (Fsp3) is 0.216. The van der Waals surface area contributed by atoms with E-state index in [-0.39, 0.29) is 6.61 Å². The van der Waals surface area contributed by atoms with Gasteiger partial charge in [0.15, 0.2) is 29.4 Å². The van der Waals surface area contributed by atoms with Crippen LogP contribution in [-0.2, 0) is 21.6 Å². The van der Waals surface area contributed by atoms with E-state index in [1.807, 2.05) is 78.9 Å². The first-order valence-corrected chi connectivity index (χ1v) is 15.4. The molecule has 0 spiro atoms. The third kappa shape index (κ3) is 5.71. The minimum atomic E-state index is -1.58. The number of benzene rings is 4. The summed E-state index contributed by atoms with van der Waals surface area (Å²) in [5.74, 6) is 1.19. The number of methoxy groups -OCH3 is 1. The van der Waals surface area contributed by atoms with Crippen molar-refractivity contribution in [2.75, 3.05) is 19.0 Å². The summed E-state index contributed by atoms with van der Waals surface area (Å²) in [6.45, 7) is -0.364. The van der Waals surface area contributed by atoms with Crippen LogP contribution in [0.4, 0.5) is 10.2 Å². The van der Waals surface area contributed by atoms with Crippen molar-refractivity contribution >= 4 is 17.0 Å². The van der Waals surface area contributed by atoms with E-state index >= 15 is 4.39 Å². The van der Waals surface area contributed by atoms with Crippen LogP contribution in [0, 0.1) is 0 Å². The number of fused-ring (bicyclic) bond motifs is 1. The summed E-state index contributed by atoms with van der Waals surface area (Å²) < 4.78 is 34.7. The fourth-order valence-corrected chi connectivity index (χ4v) is 6.24. The highest BCUT2D eigenvalue weighted by Gasteiger charge is 2.47. The number of rotatable bonds is 11. The summed E-state index contributed by atoms with van der Waals surface area (Å²) in [7, 11) is 1.60. The van der Waals surface area contributed by atoms with Crippen molar-refractivity contribution in [1.29, 1.82) is 0 Å².